The van der Waals surface area contributed by atoms with Crippen molar-refractivity contribution in [1.29, 1.82) is 0 Å². The van der Waals surface area contributed by atoms with Crippen LogP contribution in [-0.4, -0.2) is 83.2 Å². The first kappa shape index (κ1) is 22.2. The number of anilines is 1. The molecule has 2 aromatic heterocycles. The van der Waals surface area contributed by atoms with Gasteiger partial charge in [0.15, 0.2) is 0 Å². The number of hydrogen-bond donors (Lipinski definition) is 1. The van der Waals surface area contributed by atoms with Gasteiger partial charge in [0, 0.05) is 70.8 Å². The molecule has 0 aliphatic carbocycles. The predicted molar refractivity (Wildman–Crippen MR) is 116 cm³/mol. The van der Waals surface area contributed by atoms with Gasteiger partial charge < -0.3 is 20.1 Å². The van der Waals surface area contributed by atoms with Crippen molar-refractivity contribution < 1.29 is 18.0 Å². The number of aromatic nitrogens is 3. The minimum Gasteiger partial charge on any atom is -0.364 e. The maximum Gasteiger partial charge on any atom is 0.265 e. The second-order valence-corrected chi connectivity index (χ2v) is 10.0. The van der Waals surface area contributed by atoms with Crippen LogP contribution >= 0.6 is 0 Å². The van der Waals surface area contributed by atoms with Crippen LogP contribution in [0.3, 0.4) is 0 Å². The van der Waals surface area contributed by atoms with Crippen LogP contribution in [0.2, 0.25) is 0 Å². The van der Waals surface area contributed by atoms with Gasteiger partial charge in [-0.05, 0) is 25.0 Å². The summed E-state index contributed by atoms with van der Waals surface area (Å²) in [4.78, 5) is 36.9. The fourth-order valence-electron chi connectivity index (χ4n) is 4.25. The molecule has 2 saturated heterocycles. The van der Waals surface area contributed by atoms with Gasteiger partial charge in [0.05, 0.1) is 0 Å². The van der Waals surface area contributed by atoms with Gasteiger partial charge in [-0.2, -0.15) is 4.31 Å². The van der Waals surface area contributed by atoms with Crippen molar-refractivity contribution in [2.75, 3.05) is 44.2 Å². The number of aryl methyl sites for hydroxylation is 1. The molecule has 4 heterocycles. The first-order valence-corrected chi connectivity index (χ1v) is 12.0. The lowest BCUT2D eigenvalue weighted by Crippen LogP contribution is -2.52. The Labute approximate surface area is 186 Å². The van der Waals surface area contributed by atoms with Crippen LogP contribution in [-0.2, 0) is 21.9 Å². The molecule has 2 aliphatic heterocycles. The molecule has 2 fully saturated rings. The number of hydrogen-bond acceptors (Lipinski definition) is 7. The molecule has 172 valence electrons. The van der Waals surface area contributed by atoms with E-state index in [0.29, 0.717) is 45.0 Å². The van der Waals surface area contributed by atoms with Crippen LogP contribution in [0, 0.1) is 5.92 Å². The molecule has 0 radical (unpaired) electrons. The molecule has 4 rings (SSSR count). The summed E-state index contributed by atoms with van der Waals surface area (Å²) >= 11 is 0. The number of piperidine rings is 1. The van der Waals surface area contributed by atoms with Gasteiger partial charge in [-0.3, -0.25) is 9.59 Å². The van der Waals surface area contributed by atoms with E-state index >= 15 is 0 Å². The Bertz CT molecular complexity index is 1090. The standard InChI is InChI=1S/C20H27N7O4S/c1-24-14-16(13-17(24)18(21)28)32(30,31)27-7-3-15(4-8-27)19(29)25-9-11-26(12-10-25)20-22-5-2-6-23-20/h2,5-6,13-15H,3-4,7-12H2,1H3,(H2,21,28). The molecule has 0 unspecified atom stereocenters. The molecule has 12 heteroatoms. The van der Waals surface area contributed by atoms with Crippen LogP contribution in [0.25, 0.3) is 0 Å². The number of rotatable bonds is 5. The SMILES string of the molecule is Cn1cc(S(=O)(=O)N2CCC(C(=O)N3CCN(c4ncccn4)CC3)CC2)cc1C(N)=O. The molecule has 2 N–H and O–H groups in total. The average Bonchev–Trinajstić information content (AvgIpc) is 3.22. The van der Waals surface area contributed by atoms with Crippen LogP contribution < -0.4 is 10.6 Å². The highest BCUT2D eigenvalue weighted by atomic mass is 32.2. The van der Waals surface area contributed by atoms with E-state index in [1.165, 1.54) is 21.1 Å². The molecule has 2 amide bonds. The van der Waals surface area contributed by atoms with Crippen LogP contribution in [0.15, 0.2) is 35.6 Å². The summed E-state index contributed by atoms with van der Waals surface area (Å²) in [5.41, 5.74) is 5.43. The van der Waals surface area contributed by atoms with Crippen molar-refractivity contribution in [2.24, 2.45) is 18.7 Å². The normalized spacial score (nSPS) is 18.7. The van der Waals surface area contributed by atoms with Gasteiger partial charge in [0.1, 0.15) is 10.6 Å². The van der Waals surface area contributed by atoms with Gasteiger partial charge in [-0.15, -0.1) is 0 Å². The van der Waals surface area contributed by atoms with Crippen molar-refractivity contribution in [3.05, 3.63) is 36.4 Å². The zero-order valence-electron chi connectivity index (χ0n) is 17.9. The third-order valence-corrected chi connectivity index (χ3v) is 7.96. The molecule has 2 aromatic rings. The number of carbonyl (C=O) groups excluding carboxylic acids is 2. The molecule has 0 atom stereocenters. The van der Waals surface area contributed by atoms with E-state index in [4.69, 9.17) is 5.73 Å². The highest BCUT2D eigenvalue weighted by Gasteiger charge is 2.35. The first-order chi connectivity index (χ1) is 15.3. The summed E-state index contributed by atoms with van der Waals surface area (Å²) in [5, 5.41) is 0. The Kier molecular flexibility index (Phi) is 6.15. The number of piperazine rings is 1. The Balaban J connectivity index is 1.33. The van der Waals surface area contributed by atoms with E-state index in [0.717, 1.165) is 0 Å². The van der Waals surface area contributed by atoms with Crippen LogP contribution in [0.4, 0.5) is 5.95 Å². The van der Waals surface area contributed by atoms with Crippen LogP contribution in [0.5, 0.6) is 0 Å². The van der Waals surface area contributed by atoms with E-state index in [9.17, 15) is 18.0 Å². The van der Waals surface area contributed by atoms with Crippen molar-refractivity contribution in [2.45, 2.75) is 17.7 Å². The maximum atomic E-state index is 13.0. The van der Waals surface area contributed by atoms with E-state index in [1.54, 1.807) is 25.5 Å². The second-order valence-electron chi connectivity index (χ2n) is 8.08. The third-order valence-electron chi connectivity index (χ3n) is 6.10. The summed E-state index contributed by atoms with van der Waals surface area (Å²) in [7, 11) is -2.17. The Morgan fingerprint density at radius 1 is 1.03 bits per heavy atom. The van der Waals surface area contributed by atoms with Gasteiger partial charge in [0.2, 0.25) is 21.9 Å². The number of nitrogens with two attached hydrogens (primary N) is 1. The molecule has 32 heavy (non-hydrogen) atoms. The van der Waals surface area contributed by atoms with Crippen molar-refractivity contribution in [3.8, 4) is 0 Å². The largest absolute Gasteiger partial charge is 0.364 e. The average molecular weight is 462 g/mol. The topological polar surface area (TPSA) is 135 Å². The Morgan fingerprint density at radius 2 is 1.66 bits per heavy atom. The maximum absolute atomic E-state index is 13.0. The van der Waals surface area contributed by atoms with Crippen molar-refractivity contribution in [3.63, 3.8) is 0 Å². The van der Waals surface area contributed by atoms with Crippen molar-refractivity contribution in [1.82, 2.24) is 23.7 Å². The van der Waals surface area contributed by atoms with Crippen LogP contribution in [0.1, 0.15) is 23.3 Å². The zero-order valence-corrected chi connectivity index (χ0v) is 18.7. The molecule has 0 bridgehead atoms. The highest BCUT2D eigenvalue weighted by molar-refractivity contribution is 7.89. The second kappa shape index (κ2) is 8.87. The third kappa shape index (κ3) is 4.32. The van der Waals surface area contributed by atoms with Gasteiger partial charge in [0.25, 0.3) is 5.91 Å². The van der Waals surface area contributed by atoms with Gasteiger partial charge in [-0.25, -0.2) is 18.4 Å². The number of carbonyl (C=O) groups is 2. The van der Waals surface area contributed by atoms with E-state index in [1.807, 2.05) is 4.90 Å². The highest BCUT2D eigenvalue weighted by Crippen LogP contribution is 2.26. The molecular formula is C20H27N7O4S. The summed E-state index contributed by atoms with van der Waals surface area (Å²) < 4.78 is 28.7. The number of amides is 2. The Morgan fingerprint density at radius 3 is 2.22 bits per heavy atom. The predicted octanol–water partition coefficient (Wildman–Crippen LogP) is -0.336. The molecular weight excluding hydrogens is 434 g/mol. The fraction of sp³-hybridized carbons (Fsp3) is 0.500. The minimum atomic E-state index is -3.75. The molecule has 0 aromatic carbocycles. The molecule has 0 spiro atoms. The number of primary amides is 1. The lowest BCUT2D eigenvalue weighted by atomic mass is 9.96. The van der Waals surface area contributed by atoms with E-state index in [-0.39, 0.29) is 35.5 Å². The summed E-state index contributed by atoms with van der Waals surface area (Å²) in [5.74, 6) is -0.139. The summed E-state index contributed by atoms with van der Waals surface area (Å²) in [6, 6.07) is 3.06. The van der Waals surface area contributed by atoms with Gasteiger partial charge in [-0.1, -0.05) is 0 Å². The summed E-state index contributed by atoms with van der Waals surface area (Å²) in [6.45, 7) is 3.04. The monoisotopic (exact) mass is 461 g/mol. The van der Waals surface area contributed by atoms with Crippen molar-refractivity contribution >= 4 is 27.8 Å². The first-order valence-electron chi connectivity index (χ1n) is 10.5. The lowest BCUT2D eigenvalue weighted by molar-refractivity contribution is -0.137. The quantitative estimate of drug-likeness (QED) is 0.644. The van der Waals surface area contributed by atoms with Gasteiger partial charge >= 0.3 is 0 Å². The van der Waals surface area contributed by atoms with E-state index in [2.05, 4.69) is 14.9 Å². The smallest absolute Gasteiger partial charge is 0.265 e. The number of sulfonamides is 1. The number of nitrogens with zero attached hydrogens (tertiary/aromatic N) is 6. The molecule has 0 saturated carbocycles. The lowest BCUT2D eigenvalue weighted by Gasteiger charge is -2.38. The zero-order chi connectivity index (χ0) is 22.9. The Hall–Kier alpha value is -2.99. The molecule has 2 aliphatic rings. The van der Waals surface area contributed by atoms with E-state index < -0.39 is 15.9 Å². The minimum absolute atomic E-state index is 0.0397. The fourth-order valence-corrected chi connectivity index (χ4v) is 5.79. The molecule has 11 nitrogen and oxygen atoms in total. The summed E-state index contributed by atoms with van der Waals surface area (Å²) in [6.07, 6.45) is 5.73.